The topological polar surface area (TPSA) is 0 Å². The fraction of sp³-hybridized carbons (Fsp3) is 0.840. The Balaban J connectivity index is 3.17. The number of alkyl halides is 1. The Bertz CT molecular complexity index is 715. The van der Waals surface area contributed by atoms with Crippen molar-refractivity contribution in [3.05, 3.63) is 48.6 Å². The molecule has 0 spiro atoms. The molecule has 0 aliphatic rings. The van der Waals surface area contributed by atoms with Gasteiger partial charge in [0.15, 0.2) is 0 Å². The van der Waals surface area contributed by atoms with Crippen molar-refractivity contribution in [3.63, 3.8) is 0 Å². The third-order valence-corrected chi connectivity index (χ3v) is 11.3. The van der Waals surface area contributed by atoms with Crippen molar-refractivity contribution in [1.82, 2.24) is 0 Å². The van der Waals surface area contributed by atoms with Crippen LogP contribution in [-0.4, -0.2) is 5.33 Å². The van der Waals surface area contributed by atoms with Gasteiger partial charge in [0.25, 0.3) is 0 Å². The maximum absolute atomic E-state index is 3.52. The van der Waals surface area contributed by atoms with Crippen molar-refractivity contribution < 1.29 is 0 Å². The van der Waals surface area contributed by atoms with Crippen molar-refractivity contribution in [2.75, 3.05) is 5.33 Å². The Morgan fingerprint density at radius 2 is 0.373 bits per heavy atom. The van der Waals surface area contributed by atoms with Crippen LogP contribution in [0.2, 0.25) is 0 Å². The van der Waals surface area contributed by atoms with Gasteiger partial charge in [0, 0.05) is 5.33 Å². The normalized spacial score (nSPS) is 12.3. The lowest BCUT2D eigenvalue weighted by Gasteiger charge is -2.02. The Morgan fingerprint density at radius 3 is 0.549 bits per heavy atom. The fourth-order valence-corrected chi connectivity index (χ4v) is 7.62. The summed E-state index contributed by atoms with van der Waals surface area (Å²) in [7, 11) is 0. The highest BCUT2D eigenvalue weighted by Gasteiger charge is 1.96. The third kappa shape index (κ3) is 49.4. The lowest BCUT2D eigenvalue weighted by Crippen LogP contribution is -1.82. The number of unbranched alkanes of at least 4 members (excludes halogenated alkanes) is 36. The number of rotatable bonds is 44. The van der Waals surface area contributed by atoms with Crippen LogP contribution in [0, 0.1) is 0 Å². The summed E-state index contributed by atoms with van der Waals surface area (Å²) < 4.78 is 0. The van der Waals surface area contributed by atoms with Gasteiger partial charge in [-0.25, -0.2) is 0 Å². The van der Waals surface area contributed by atoms with Crippen LogP contribution in [-0.2, 0) is 0 Å². The molecule has 0 bridgehead atoms. The standard InChI is InChI=1S/C50H93Br/c1-2-3-4-5-6-7-8-9-10-11-12-13-14-15-16-17-18-19-20-21-22-23-24-25-26-27-28-29-30-31-32-33-34-35-36-37-38-39-40-41-42-43-44-45-46-47-48-49-50-51/h2-3,14-15,26-27,38-39H,4-13,16-25,28-37,40-50H2,1H3/b3-2+,15-14+,27-26+,39-38+. The van der Waals surface area contributed by atoms with Gasteiger partial charge in [-0.2, -0.15) is 0 Å². The van der Waals surface area contributed by atoms with Gasteiger partial charge in [0.05, 0.1) is 0 Å². The van der Waals surface area contributed by atoms with Crippen LogP contribution in [0.5, 0.6) is 0 Å². The van der Waals surface area contributed by atoms with Crippen molar-refractivity contribution in [2.45, 2.75) is 264 Å². The predicted octanol–water partition coefficient (Wildman–Crippen LogP) is 19.2. The molecule has 0 saturated carbocycles. The van der Waals surface area contributed by atoms with E-state index in [-0.39, 0.29) is 0 Å². The second-order valence-corrected chi connectivity index (χ2v) is 16.7. The Hall–Kier alpha value is -0.560. The first-order valence-electron chi connectivity index (χ1n) is 23.5. The average Bonchev–Trinajstić information content (AvgIpc) is 3.14. The number of hydrogen-bond donors (Lipinski definition) is 0. The molecule has 0 heterocycles. The minimum Gasteiger partial charge on any atom is -0.0928 e. The van der Waals surface area contributed by atoms with Crippen molar-refractivity contribution in [1.29, 1.82) is 0 Å². The van der Waals surface area contributed by atoms with Crippen molar-refractivity contribution >= 4 is 15.9 Å². The molecular weight excluding hydrogens is 680 g/mol. The van der Waals surface area contributed by atoms with Gasteiger partial charge in [-0.15, -0.1) is 0 Å². The molecule has 0 saturated heterocycles. The van der Waals surface area contributed by atoms with Gasteiger partial charge >= 0.3 is 0 Å². The van der Waals surface area contributed by atoms with E-state index in [1.54, 1.807) is 0 Å². The second-order valence-electron chi connectivity index (χ2n) is 15.9. The molecule has 0 aromatic carbocycles. The largest absolute Gasteiger partial charge is 0.0928 e. The molecule has 0 rings (SSSR count). The van der Waals surface area contributed by atoms with Crippen LogP contribution in [0.15, 0.2) is 48.6 Å². The maximum atomic E-state index is 3.52. The lowest BCUT2D eigenvalue weighted by atomic mass is 10.0. The number of halogens is 1. The summed E-state index contributed by atoms with van der Waals surface area (Å²) in [6.45, 7) is 2.12. The van der Waals surface area contributed by atoms with Gasteiger partial charge in [-0.1, -0.05) is 225 Å². The van der Waals surface area contributed by atoms with E-state index in [0.29, 0.717) is 0 Å². The molecule has 0 amide bonds. The predicted molar refractivity (Wildman–Crippen MR) is 241 cm³/mol. The molecule has 0 radical (unpaired) electrons. The summed E-state index contributed by atoms with van der Waals surface area (Å²) in [5.41, 5.74) is 0. The van der Waals surface area contributed by atoms with E-state index in [9.17, 15) is 0 Å². The van der Waals surface area contributed by atoms with E-state index >= 15 is 0 Å². The first kappa shape index (κ1) is 50.4. The Morgan fingerprint density at radius 1 is 0.216 bits per heavy atom. The molecule has 0 aliphatic heterocycles. The molecule has 0 aromatic rings. The summed E-state index contributed by atoms with van der Waals surface area (Å²) in [4.78, 5) is 0. The average molecular weight is 774 g/mol. The monoisotopic (exact) mass is 773 g/mol. The van der Waals surface area contributed by atoms with E-state index in [0.717, 1.165) is 0 Å². The van der Waals surface area contributed by atoms with Gasteiger partial charge < -0.3 is 0 Å². The Kier molecular flexibility index (Phi) is 48.9. The van der Waals surface area contributed by atoms with Crippen LogP contribution in [0.4, 0.5) is 0 Å². The van der Waals surface area contributed by atoms with Crippen LogP contribution >= 0.6 is 15.9 Å². The molecule has 0 N–H and O–H groups in total. The summed E-state index contributed by atoms with van der Waals surface area (Å²) in [5, 5.41) is 1.18. The van der Waals surface area contributed by atoms with E-state index in [4.69, 9.17) is 0 Å². The molecule has 0 unspecified atom stereocenters. The van der Waals surface area contributed by atoms with Crippen molar-refractivity contribution in [2.24, 2.45) is 0 Å². The quantitative estimate of drug-likeness (QED) is 0.0329. The maximum Gasteiger partial charge on any atom is 0.00313 e. The molecule has 51 heavy (non-hydrogen) atoms. The highest BCUT2D eigenvalue weighted by molar-refractivity contribution is 9.09. The van der Waals surface area contributed by atoms with E-state index in [1.807, 2.05) is 0 Å². The summed E-state index contributed by atoms with van der Waals surface area (Å²) in [5.74, 6) is 0. The van der Waals surface area contributed by atoms with Gasteiger partial charge in [-0.3, -0.25) is 0 Å². The van der Waals surface area contributed by atoms with Crippen molar-refractivity contribution in [3.8, 4) is 0 Å². The number of hydrogen-bond acceptors (Lipinski definition) is 0. The minimum atomic E-state index is 1.18. The van der Waals surface area contributed by atoms with E-state index in [2.05, 4.69) is 71.5 Å². The minimum absolute atomic E-state index is 1.18. The molecule has 0 nitrogen and oxygen atoms in total. The third-order valence-electron chi connectivity index (χ3n) is 10.7. The molecule has 0 aromatic heterocycles. The van der Waals surface area contributed by atoms with Gasteiger partial charge in [-0.05, 0) is 103 Å². The smallest absolute Gasteiger partial charge is 0.00313 e. The first-order chi connectivity index (χ1) is 25.4. The Labute approximate surface area is 332 Å². The van der Waals surface area contributed by atoms with E-state index in [1.165, 1.54) is 262 Å². The zero-order valence-electron chi connectivity index (χ0n) is 35.0. The SMILES string of the molecule is C/C=C/CCCCCCCCCC/C=C/CCCCCCCCCC/C=C/CCCCCCCCCC/C=C/CCCCCCCCCCCBr. The molecule has 0 fully saturated rings. The zero-order valence-corrected chi connectivity index (χ0v) is 36.6. The second kappa shape index (κ2) is 49.4. The first-order valence-corrected chi connectivity index (χ1v) is 24.7. The molecule has 1 heteroatoms. The summed E-state index contributed by atoms with van der Waals surface area (Å²) in [6, 6.07) is 0. The highest BCUT2D eigenvalue weighted by Crippen LogP contribution is 2.15. The summed E-state index contributed by atoms with van der Waals surface area (Å²) >= 11 is 3.52. The van der Waals surface area contributed by atoms with Gasteiger partial charge in [0.2, 0.25) is 0 Å². The van der Waals surface area contributed by atoms with Crippen LogP contribution in [0.1, 0.15) is 264 Å². The van der Waals surface area contributed by atoms with Crippen LogP contribution < -0.4 is 0 Å². The molecule has 300 valence electrons. The zero-order chi connectivity index (χ0) is 36.6. The summed E-state index contributed by atoms with van der Waals surface area (Å²) in [6.07, 6.45) is 75.4. The molecular formula is C50H93Br. The number of allylic oxidation sites excluding steroid dienone is 8. The molecule has 0 atom stereocenters. The lowest BCUT2D eigenvalue weighted by molar-refractivity contribution is 0.566. The van der Waals surface area contributed by atoms with Crippen LogP contribution in [0.25, 0.3) is 0 Å². The van der Waals surface area contributed by atoms with Crippen LogP contribution in [0.3, 0.4) is 0 Å². The van der Waals surface area contributed by atoms with E-state index < -0.39 is 0 Å². The fourth-order valence-electron chi connectivity index (χ4n) is 7.22. The molecule has 0 aliphatic carbocycles. The van der Waals surface area contributed by atoms with Gasteiger partial charge in [0.1, 0.15) is 0 Å². The highest BCUT2D eigenvalue weighted by atomic mass is 79.9.